The predicted molar refractivity (Wildman–Crippen MR) is 241 cm³/mol. The molecule has 4 atom stereocenters. The molecule has 7 rings (SSSR count). The maximum absolute atomic E-state index is 15.7. The molecule has 2 aliphatic rings. The molecule has 5 aromatic rings. The van der Waals surface area contributed by atoms with Crippen LogP contribution in [0.2, 0.25) is 0 Å². The van der Waals surface area contributed by atoms with Gasteiger partial charge in [-0.25, -0.2) is 35.4 Å². The number of rotatable bonds is 14. The molecule has 2 aliphatic carbocycles. The lowest BCUT2D eigenvalue weighted by molar-refractivity contribution is -0.143. The summed E-state index contributed by atoms with van der Waals surface area (Å²) in [6.45, 7) is 1.46. The van der Waals surface area contributed by atoms with Crippen LogP contribution in [-0.2, 0) is 65.8 Å². The lowest BCUT2D eigenvalue weighted by atomic mass is 9.84. The van der Waals surface area contributed by atoms with Crippen LogP contribution in [0.4, 0.5) is 54.5 Å². The number of nitrogens with zero attached hydrogens (tertiary/aromatic N) is 6. The summed E-state index contributed by atoms with van der Waals surface area (Å²) < 4.78 is 203. The normalized spacial score (nSPS) is 16.9. The summed E-state index contributed by atoms with van der Waals surface area (Å²) in [5.74, 6) is -4.18. The van der Waals surface area contributed by atoms with Crippen LogP contribution in [0.5, 0.6) is 0 Å². The molecule has 0 aliphatic heterocycles. The van der Waals surface area contributed by atoms with E-state index in [9.17, 15) is 71.4 Å². The van der Waals surface area contributed by atoms with Crippen molar-refractivity contribution in [2.24, 2.45) is 5.92 Å². The fourth-order valence-corrected chi connectivity index (χ4v) is 9.26. The fourth-order valence-electron chi connectivity index (χ4n) is 8.27. The zero-order valence-corrected chi connectivity index (χ0v) is 40.8. The molecule has 3 heterocycles. The molecular weight excluding hydrogens is 1050 g/mol. The number of fused-ring (bicyclic) bond motifs is 4. The highest BCUT2D eigenvalue weighted by Crippen LogP contribution is 2.58. The Hall–Kier alpha value is -7.20. The molecule has 0 saturated carbocycles. The zero-order valence-electron chi connectivity index (χ0n) is 39.2. The Kier molecular flexibility index (Phi) is 14.0. The van der Waals surface area contributed by atoms with Crippen molar-refractivity contribution in [1.29, 1.82) is 0 Å². The molecule has 2 amide bonds. The maximum atomic E-state index is 15.7. The summed E-state index contributed by atoms with van der Waals surface area (Å²) in [5, 5.41) is 18.4. The van der Waals surface area contributed by atoms with Crippen LogP contribution in [0.25, 0.3) is 22.0 Å². The lowest BCUT2D eigenvalue weighted by Gasteiger charge is -2.24. The number of carboxylic acids is 1. The number of aliphatic carboxylic acids is 1. The highest BCUT2D eigenvalue weighted by molar-refractivity contribution is 7.93. The largest absolute Gasteiger partial charge is 0.481 e. The van der Waals surface area contributed by atoms with Gasteiger partial charge in [-0.05, 0) is 75.4 Å². The number of amides is 2. The second-order valence-corrected chi connectivity index (χ2v) is 22.4. The molecule has 0 radical (unpaired) electrons. The first-order valence-corrected chi connectivity index (χ1v) is 25.3. The van der Waals surface area contributed by atoms with Crippen LogP contribution in [0.3, 0.4) is 0 Å². The molecule has 0 saturated heterocycles. The van der Waals surface area contributed by atoms with Crippen LogP contribution in [0.15, 0.2) is 42.5 Å². The van der Waals surface area contributed by atoms with E-state index in [2.05, 4.69) is 44.2 Å². The number of hydrogen-bond acceptors (Lipinski definition) is 11. The number of sulfone groups is 1. The number of sulfonamides is 1. The first-order valence-electron chi connectivity index (χ1n) is 21.5. The Morgan fingerprint density at radius 1 is 0.946 bits per heavy atom. The molecule has 0 spiro atoms. The minimum Gasteiger partial charge on any atom is -0.481 e. The van der Waals surface area contributed by atoms with E-state index < -0.39 is 162 Å². The molecule has 74 heavy (non-hydrogen) atoms. The number of nitrogens with one attached hydrogen (secondary N) is 1. The number of halogens is 10. The van der Waals surface area contributed by atoms with Gasteiger partial charge in [0, 0.05) is 34.4 Å². The maximum Gasteiger partial charge on any atom is 0.435 e. The Bertz CT molecular complexity index is 3510. The summed E-state index contributed by atoms with van der Waals surface area (Å²) in [7, 11) is -8.84. The summed E-state index contributed by atoms with van der Waals surface area (Å²) in [4.78, 5) is 43.7. The van der Waals surface area contributed by atoms with Gasteiger partial charge in [-0.15, -0.1) is 0 Å². The number of carbonyl (C=O) groups excluding carboxylic acids is 2. The Morgan fingerprint density at radius 3 is 2.14 bits per heavy atom. The van der Waals surface area contributed by atoms with Crippen LogP contribution >= 0.6 is 0 Å². The van der Waals surface area contributed by atoms with Crippen molar-refractivity contribution in [3.63, 3.8) is 0 Å². The Morgan fingerprint density at radius 2 is 1.58 bits per heavy atom. The van der Waals surface area contributed by atoms with E-state index in [4.69, 9.17) is 4.74 Å². The minimum absolute atomic E-state index is 0.0343. The van der Waals surface area contributed by atoms with Gasteiger partial charge in [0.1, 0.15) is 52.9 Å². The quantitative estimate of drug-likeness (QED) is 0.0827. The number of anilines is 1. The van der Waals surface area contributed by atoms with E-state index in [0.717, 1.165) is 37.4 Å². The fraction of sp³-hybridized carbons (Fsp3) is 0.391. The number of pyridine rings is 1. The molecule has 394 valence electrons. The molecule has 28 heteroatoms. The molecule has 0 fully saturated rings. The van der Waals surface area contributed by atoms with Gasteiger partial charge in [0.25, 0.3) is 0 Å². The predicted octanol–water partition coefficient (Wildman–Crippen LogP) is 7.33. The van der Waals surface area contributed by atoms with Crippen LogP contribution in [0.1, 0.15) is 78.6 Å². The zero-order chi connectivity index (χ0) is 55.0. The lowest BCUT2D eigenvalue weighted by Crippen LogP contribution is -2.39. The number of aryl methyl sites for hydroxylation is 1. The molecule has 16 nitrogen and oxygen atoms in total. The second kappa shape index (κ2) is 18.9. The minimum atomic E-state index is -5.31. The van der Waals surface area contributed by atoms with Gasteiger partial charge in [-0.2, -0.15) is 49.6 Å². The van der Waals surface area contributed by atoms with Gasteiger partial charge >= 0.3 is 30.3 Å². The highest BCUT2D eigenvalue weighted by atomic mass is 32.2. The molecule has 3 aromatic heterocycles. The van der Waals surface area contributed by atoms with Crippen molar-refractivity contribution in [2.45, 2.75) is 94.7 Å². The van der Waals surface area contributed by atoms with Crippen molar-refractivity contribution in [1.82, 2.24) is 29.9 Å². The van der Waals surface area contributed by atoms with Crippen molar-refractivity contribution < 1.29 is 85.0 Å². The molecule has 0 unspecified atom stereocenters. The van der Waals surface area contributed by atoms with E-state index in [-0.39, 0.29) is 41.6 Å². The Balaban J connectivity index is 1.49. The third kappa shape index (κ3) is 10.9. The van der Waals surface area contributed by atoms with E-state index in [1.54, 1.807) is 0 Å². The van der Waals surface area contributed by atoms with Gasteiger partial charge in [0.15, 0.2) is 21.3 Å². The van der Waals surface area contributed by atoms with Crippen molar-refractivity contribution in [3.8, 4) is 34.8 Å². The van der Waals surface area contributed by atoms with Gasteiger partial charge in [0.05, 0.1) is 35.8 Å². The standard InChI is InChI=1S/C46H39F10N7O9S2/c1-22-7-9-29(38-35(22)41(60-62(38)21-44(49,50)51)63(74(6,70)71)42(67)72-23(2)15-34(65)66)28-10-8-27(13-14-43(3,4)73(5,68)69)57-37(28)32(18-24-16-25(47)19-26(48)17-24)58-33(64)20-61-40-36(39(59-61)46(54,55)56)30-11-12-31(30)45(40,52)53/h7-10,16-17,19,23,30-32H,15,18,20-21H2,1-6H3,(H,58,64)(H,65,66)/t23-,30-,31+,32-/m0/s1. The summed E-state index contributed by atoms with van der Waals surface area (Å²) in [6, 6.07) is 4.90. The van der Waals surface area contributed by atoms with Crippen LogP contribution < -0.4 is 9.62 Å². The third-order valence-corrected chi connectivity index (χ3v) is 14.8. The van der Waals surface area contributed by atoms with Gasteiger partial charge < -0.3 is 15.2 Å². The number of carbonyl (C=O) groups is 3. The number of ether oxygens (including phenoxy) is 1. The van der Waals surface area contributed by atoms with Crippen molar-refractivity contribution in [3.05, 3.63) is 93.6 Å². The monoisotopic (exact) mass is 1090 g/mol. The van der Waals surface area contributed by atoms with Gasteiger partial charge in [0.2, 0.25) is 15.9 Å². The number of aromatic nitrogens is 5. The van der Waals surface area contributed by atoms with Crippen LogP contribution in [0, 0.1) is 48.2 Å². The average molecular weight is 1090 g/mol. The molecule has 2 N–H and O–H groups in total. The summed E-state index contributed by atoms with van der Waals surface area (Å²) in [6.07, 6.45) is -14.0. The molecular formula is C46H39F10N7O9S2. The summed E-state index contributed by atoms with van der Waals surface area (Å²) >= 11 is 0. The number of hydrogen-bond donors (Lipinski definition) is 2. The number of carboxylic acid groups (broad SMARTS) is 1. The van der Waals surface area contributed by atoms with E-state index in [1.807, 2.05) is 0 Å². The first kappa shape index (κ1) is 54.6. The second-order valence-electron chi connectivity index (χ2n) is 18.0. The van der Waals surface area contributed by atoms with E-state index in [0.29, 0.717) is 12.3 Å². The van der Waals surface area contributed by atoms with Crippen molar-refractivity contribution in [2.75, 3.05) is 16.8 Å². The summed E-state index contributed by atoms with van der Waals surface area (Å²) in [5.41, 5.74) is -6.35. The molecule has 0 bridgehead atoms. The van der Waals surface area contributed by atoms with E-state index >= 15 is 8.78 Å². The smallest absolute Gasteiger partial charge is 0.435 e. The number of alkyl halides is 8. The highest BCUT2D eigenvalue weighted by Gasteiger charge is 2.62. The SMILES string of the molecule is Cc1ccc(-c2ccc(C#CC(C)(C)S(C)(=O)=O)nc2[C@H](Cc2cc(F)cc(F)c2)NC(=O)Cn2nc(C(F)(F)F)c3c2C(F)(F)[C@@H]2C#C[C@H]32)c2c1c(N(C(=O)O[C@@H](C)CC(=O)O)S(C)(=O)=O)nn2CC(F)(F)F. The topological polar surface area (TPSA) is 213 Å². The average Bonchev–Trinajstić information content (AvgIpc) is 3.80. The van der Waals surface area contributed by atoms with Gasteiger partial charge in [-0.3, -0.25) is 19.0 Å². The number of benzene rings is 2. The van der Waals surface area contributed by atoms with Crippen LogP contribution in [-0.4, -0.2) is 94.0 Å². The first-order chi connectivity index (χ1) is 34.0. The Labute approximate surface area is 414 Å². The van der Waals surface area contributed by atoms with E-state index in [1.165, 1.54) is 32.9 Å². The third-order valence-electron chi connectivity index (χ3n) is 11.8. The van der Waals surface area contributed by atoms with Gasteiger partial charge in [-0.1, -0.05) is 29.9 Å². The van der Waals surface area contributed by atoms with Crippen molar-refractivity contribution >= 4 is 54.6 Å². The molecule has 2 aromatic carbocycles.